The van der Waals surface area contributed by atoms with E-state index in [2.05, 4.69) is 18.2 Å². The van der Waals surface area contributed by atoms with Gasteiger partial charge in [0, 0.05) is 18.2 Å². The van der Waals surface area contributed by atoms with Crippen LogP contribution in [0.4, 0.5) is 0 Å². The van der Waals surface area contributed by atoms with Crippen molar-refractivity contribution in [2.24, 2.45) is 0 Å². The van der Waals surface area contributed by atoms with Crippen LogP contribution in [-0.4, -0.2) is 18.7 Å². The molecule has 3 rings (SSSR count). The molecule has 0 aliphatic carbocycles. The van der Waals surface area contributed by atoms with E-state index < -0.39 is 10.1 Å². The van der Waals surface area contributed by atoms with Crippen molar-refractivity contribution >= 4 is 21.2 Å². The second kappa shape index (κ2) is 6.75. The zero-order chi connectivity index (χ0) is 17.2. The summed E-state index contributed by atoms with van der Waals surface area (Å²) in [5.41, 5.74) is 3.99. The van der Waals surface area contributed by atoms with E-state index in [1.807, 2.05) is 41.8 Å². The Morgan fingerprint density at radius 1 is 1.04 bits per heavy atom. The minimum atomic E-state index is -4.14. The number of aromatic nitrogens is 1. The number of fused-ring (bicyclic) bond motifs is 1. The van der Waals surface area contributed by atoms with Crippen molar-refractivity contribution in [1.82, 2.24) is 0 Å². The average Bonchev–Trinajstić information content (AvgIpc) is 2.86. The van der Waals surface area contributed by atoms with E-state index in [0.717, 1.165) is 28.1 Å². The molecule has 0 amide bonds. The number of rotatable bonds is 6. The van der Waals surface area contributed by atoms with Crippen LogP contribution >= 0.6 is 0 Å². The van der Waals surface area contributed by atoms with Gasteiger partial charge in [0.05, 0.1) is 17.0 Å². The first-order valence-corrected chi connectivity index (χ1v) is 9.44. The Balaban J connectivity index is 1.86. The molecule has 0 fully saturated rings. The van der Waals surface area contributed by atoms with E-state index in [-0.39, 0.29) is 5.75 Å². The fraction of sp³-hybridized carbons (Fsp3) is 0.278. The molecule has 0 spiro atoms. The van der Waals surface area contributed by atoms with Gasteiger partial charge in [-0.15, -0.1) is 0 Å². The van der Waals surface area contributed by atoms with Gasteiger partial charge in [0.25, 0.3) is 5.52 Å². The third kappa shape index (κ3) is 3.83. The van der Waals surface area contributed by atoms with Gasteiger partial charge in [-0.3, -0.25) is 0 Å². The smallest absolute Gasteiger partial charge is 0.344 e. The summed E-state index contributed by atoms with van der Waals surface area (Å²) >= 11 is 0. The van der Waals surface area contributed by atoms with Crippen LogP contribution in [0.5, 0.6) is 0 Å². The molecular formula is C18H19NO4S. The van der Waals surface area contributed by atoms with Crippen molar-refractivity contribution in [3.63, 3.8) is 0 Å². The number of benzene rings is 2. The van der Waals surface area contributed by atoms with Crippen LogP contribution in [0, 0.1) is 6.92 Å². The Morgan fingerprint density at radius 3 is 2.50 bits per heavy atom. The minimum Gasteiger partial charge on any atom is -0.748 e. The molecule has 0 radical (unpaired) electrons. The maximum absolute atomic E-state index is 10.7. The molecule has 5 nitrogen and oxygen atoms in total. The topological polar surface area (TPSA) is 74.2 Å². The van der Waals surface area contributed by atoms with E-state index >= 15 is 0 Å². The molecule has 0 unspecified atom stereocenters. The molecule has 24 heavy (non-hydrogen) atoms. The number of hydrogen-bond acceptors (Lipinski definition) is 4. The number of hydrogen-bond donors (Lipinski definition) is 0. The summed E-state index contributed by atoms with van der Waals surface area (Å²) in [5, 5.41) is 0. The molecular weight excluding hydrogens is 326 g/mol. The van der Waals surface area contributed by atoms with E-state index in [1.165, 1.54) is 0 Å². The highest BCUT2D eigenvalue weighted by Gasteiger charge is 2.19. The lowest BCUT2D eigenvalue weighted by molar-refractivity contribution is -0.683. The molecule has 0 atom stereocenters. The Labute approximate surface area is 141 Å². The van der Waals surface area contributed by atoms with Gasteiger partial charge in [0.2, 0.25) is 5.58 Å². The van der Waals surface area contributed by atoms with Crippen molar-refractivity contribution in [2.45, 2.75) is 26.3 Å². The summed E-state index contributed by atoms with van der Waals surface area (Å²) in [6, 6.07) is 16.1. The van der Waals surface area contributed by atoms with Gasteiger partial charge in [0.15, 0.2) is 6.54 Å². The quantitative estimate of drug-likeness (QED) is 0.391. The van der Waals surface area contributed by atoms with Crippen molar-refractivity contribution in [1.29, 1.82) is 0 Å². The lowest BCUT2D eigenvalue weighted by Gasteiger charge is -2.04. The van der Waals surface area contributed by atoms with E-state index in [0.29, 0.717) is 19.4 Å². The first-order chi connectivity index (χ1) is 11.4. The fourth-order valence-electron chi connectivity index (χ4n) is 2.84. The van der Waals surface area contributed by atoms with E-state index in [9.17, 15) is 13.0 Å². The van der Waals surface area contributed by atoms with Crippen molar-refractivity contribution in [2.75, 3.05) is 5.75 Å². The average molecular weight is 345 g/mol. The standard InChI is InChI=1S/C18H19NO4S/c1-14-19(11-5-6-12-24(20,21)22)17-13-16(9-10-18(17)23-14)15-7-3-2-4-8-15/h2-4,7-10,13H,5-6,11-12H2,1H3. The van der Waals surface area contributed by atoms with Gasteiger partial charge in [-0.1, -0.05) is 36.4 Å². The zero-order valence-corrected chi connectivity index (χ0v) is 14.3. The van der Waals surface area contributed by atoms with Crippen molar-refractivity contribution < 1.29 is 22.0 Å². The number of nitrogens with zero attached hydrogens (tertiary/aromatic N) is 1. The van der Waals surface area contributed by atoms with Crippen LogP contribution in [0.1, 0.15) is 18.7 Å². The number of unbranched alkanes of at least 4 members (excludes halogenated alkanes) is 1. The maximum Gasteiger partial charge on any atom is 0.344 e. The summed E-state index contributed by atoms with van der Waals surface area (Å²) in [7, 11) is -4.14. The van der Waals surface area contributed by atoms with E-state index in [1.54, 1.807) is 0 Å². The first-order valence-electron chi connectivity index (χ1n) is 7.86. The van der Waals surface area contributed by atoms with Gasteiger partial charge in [-0.25, -0.2) is 8.42 Å². The molecule has 0 N–H and O–H groups in total. The lowest BCUT2D eigenvalue weighted by atomic mass is 10.1. The predicted octanol–water partition coefficient (Wildman–Crippen LogP) is 3.02. The van der Waals surface area contributed by atoms with Crippen LogP contribution in [0.25, 0.3) is 22.2 Å². The normalized spacial score (nSPS) is 11.9. The van der Waals surface area contributed by atoms with Gasteiger partial charge in [-0.2, -0.15) is 4.57 Å². The highest BCUT2D eigenvalue weighted by Crippen LogP contribution is 2.24. The Kier molecular flexibility index (Phi) is 4.69. The Morgan fingerprint density at radius 2 is 1.79 bits per heavy atom. The van der Waals surface area contributed by atoms with Crippen LogP contribution in [0.2, 0.25) is 0 Å². The lowest BCUT2D eigenvalue weighted by Crippen LogP contribution is -2.35. The first kappa shape index (κ1) is 16.7. The predicted molar refractivity (Wildman–Crippen MR) is 90.4 cm³/mol. The number of aryl methyl sites for hydroxylation is 2. The number of oxazole rings is 1. The highest BCUT2D eigenvalue weighted by molar-refractivity contribution is 7.85. The van der Waals surface area contributed by atoms with Gasteiger partial charge < -0.3 is 8.97 Å². The molecule has 0 saturated heterocycles. The second-order valence-corrected chi connectivity index (χ2v) is 7.31. The Bertz CT molecular complexity index is 946. The third-order valence-corrected chi connectivity index (χ3v) is 4.81. The van der Waals surface area contributed by atoms with Crippen LogP contribution in [-0.2, 0) is 16.7 Å². The molecule has 0 aliphatic heterocycles. The fourth-order valence-corrected chi connectivity index (χ4v) is 3.39. The summed E-state index contributed by atoms with van der Waals surface area (Å²) in [5.74, 6) is 0.442. The minimum absolute atomic E-state index is 0.322. The second-order valence-electron chi connectivity index (χ2n) is 5.79. The van der Waals surface area contributed by atoms with Crippen LogP contribution in [0.3, 0.4) is 0 Å². The van der Waals surface area contributed by atoms with E-state index in [4.69, 9.17) is 4.42 Å². The van der Waals surface area contributed by atoms with Gasteiger partial charge >= 0.3 is 5.89 Å². The molecule has 2 aromatic carbocycles. The van der Waals surface area contributed by atoms with Crippen molar-refractivity contribution in [3.8, 4) is 11.1 Å². The molecule has 6 heteroatoms. The molecule has 126 valence electrons. The molecule has 0 bridgehead atoms. The highest BCUT2D eigenvalue weighted by atomic mass is 32.2. The van der Waals surface area contributed by atoms with Gasteiger partial charge in [-0.05, 0) is 23.6 Å². The summed E-state index contributed by atoms with van der Waals surface area (Å²) < 4.78 is 39.9. The van der Waals surface area contributed by atoms with Crippen LogP contribution in [0.15, 0.2) is 52.9 Å². The Hall–Kier alpha value is -2.18. The zero-order valence-electron chi connectivity index (χ0n) is 13.4. The largest absolute Gasteiger partial charge is 0.748 e. The summed E-state index contributed by atoms with van der Waals surface area (Å²) in [6.45, 7) is 2.50. The van der Waals surface area contributed by atoms with Crippen molar-refractivity contribution in [3.05, 3.63) is 54.4 Å². The molecule has 0 saturated carbocycles. The maximum atomic E-state index is 10.7. The summed E-state index contributed by atoms with van der Waals surface area (Å²) in [6.07, 6.45) is 0.959. The van der Waals surface area contributed by atoms with Gasteiger partial charge in [0.1, 0.15) is 0 Å². The molecule has 1 aromatic heterocycles. The SMILES string of the molecule is Cc1oc2ccc(-c3ccccc3)cc2[n+]1CCCCS(=O)(=O)[O-]. The molecule has 1 heterocycles. The molecule has 3 aromatic rings. The van der Waals surface area contributed by atoms with Crippen LogP contribution < -0.4 is 4.57 Å². The third-order valence-electron chi connectivity index (χ3n) is 4.02. The molecule has 0 aliphatic rings. The summed E-state index contributed by atoms with van der Waals surface area (Å²) in [4.78, 5) is 0. The monoisotopic (exact) mass is 345 g/mol.